The topological polar surface area (TPSA) is 61.9 Å². The minimum absolute atomic E-state index is 0.0425. The van der Waals surface area contributed by atoms with E-state index in [1.165, 1.54) is 5.56 Å². The molecule has 2 heterocycles. The molecule has 0 unspecified atom stereocenters. The second-order valence-electron chi connectivity index (χ2n) is 10.4. The Morgan fingerprint density at radius 2 is 1.66 bits per heavy atom. The fraction of sp³-hybridized carbons (Fsp3) is 0.517. The van der Waals surface area contributed by atoms with Gasteiger partial charge in [-0.05, 0) is 61.4 Å². The number of likely N-dealkylation sites (tertiary alicyclic amines) is 1. The Hall–Kier alpha value is -2.86. The minimum Gasteiger partial charge on any atom is -0.457 e. The van der Waals surface area contributed by atoms with E-state index in [1.807, 2.05) is 47.4 Å². The van der Waals surface area contributed by atoms with Crippen molar-refractivity contribution in [1.29, 1.82) is 0 Å². The molecule has 2 aromatic rings. The van der Waals surface area contributed by atoms with E-state index in [2.05, 4.69) is 43.1 Å². The van der Waals surface area contributed by atoms with Crippen LogP contribution in [0.4, 0.5) is 0 Å². The van der Waals surface area contributed by atoms with Crippen LogP contribution in [0.25, 0.3) is 0 Å². The average molecular weight is 478 g/mol. The lowest BCUT2D eigenvalue weighted by atomic mass is 9.80. The van der Waals surface area contributed by atoms with Crippen molar-refractivity contribution in [1.82, 2.24) is 15.1 Å². The monoisotopic (exact) mass is 477 g/mol. The summed E-state index contributed by atoms with van der Waals surface area (Å²) >= 11 is 0. The quantitative estimate of drug-likeness (QED) is 0.553. The largest absolute Gasteiger partial charge is 0.457 e. The maximum Gasteiger partial charge on any atom is 0.246 e. The third kappa shape index (κ3) is 5.87. The summed E-state index contributed by atoms with van der Waals surface area (Å²) < 4.78 is 5.90. The van der Waals surface area contributed by atoms with E-state index in [0.717, 1.165) is 44.0 Å². The Labute approximate surface area is 209 Å². The van der Waals surface area contributed by atoms with Gasteiger partial charge in [-0.15, -0.1) is 0 Å². The number of ether oxygens (including phenoxy) is 1. The molecule has 0 aromatic heterocycles. The smallest absolute Gasteiger partial charge is 0.246 e. The van der Waals surface area contributed by atoms with Crippen molar-refractivity contribution in [3.8, 4) is 11.5 Å². The zero-order chi connectivity index (χ0) is 24.8. The third-order valence-electron chi connectivity index (χ3n) is 7.24. The number of nitrogens with zero attached hydrogens (tertiary/aromatic N) is 2. The van der Waals surface area contributed by atoms with Crippen LogP contribution in [0.15, 0.2) is 54.6 Å². The molecule has 0 bridgehead atoms. The number of hydrogen-bond donors (Lipinski definition) is 1. The molecule has 0 radical (unpaired) electrons. The van der Waals surface area contributed by atoms with Gasteiger partial charge in [-0.1, -0.05) is 57.5 Å². The van der Waals surface area contributed by atoms with Crippen molar-refractivity contribution in [3.05, 3.63) is 60.2 Å². The molecule has 2 fully saturated rings. The molecule has 1 N–H and O–H groups in total. The minimum atomic E-state index is -0.705. The van der Waals surface area contributed by atoms with Crippen LogP contribution in [0.2, 0.25) is 0 Å². The summed E-state index contributed by atoms with van der Waals surface area (Å²) in [5, 5.41) is 3.09. The molecule has 2 saturated heterocycles. The van der Waals surface area contributed by atoms with Gasteiger partial charge < -0.3 is 15.0 Å². The third-order valence-corrected chi connectivity index (χ3v) is 7.24. The first-order valence-electron chi connectivity index (χ1n) is 13.1. The number of hydrogen-bond acceptors (Lipinski definition) is 4. The van der Waals surface area contributed by atoms with Crippen molar-refractivity contribution in [2.24, 2.45) is 5.92 Å². The molecule has 6 heteroatoms. The summed E-state index contributed by atoms with van der Waals surface area (Å²) in [5.41, 5.74) is 0.509. The number of para-hydroxylation sites is 1. The van der Waals surface area contributed by atoms with Crippen LogP contribution >= 0.6 is 0 Å². The Balaban J connectivity index is 1.38. The highest BCUT2D eigenvalue weighted by Crippen LogP contribution is 2.35. The zero-order valence-corrected chi connectivity index (χ0v) is 21.3. The van der Waals surface area contributed by atoms with Crippen LogP contribution < -0.4 is 10.1 Å². The molecule has 1 atom stereocenters. The maximum atomic E-state index is 13.4. The van der Waals surface area contributed by atoms with Crippen molar-refractivity contribution >= 4 is 11.8 Å². The van der Waals surface area contributed by atoms with Crippen molar-refractivity contribution < 1.29 is 14.3 Å². The molecular formula is C29H39N3O3. The summed E-state index contributed by atoms with van der Waals surface area (Å²) in [7, 11) is 0. The number of rotatable bonds is 9. The zero-order valence-electron chi connectivity index (χ0n) is 21.3. The molecule has 4 rings (SSSR count). The number of piperazine rings is 1. The SMILES string of the molecule is CCCCN1C(=O)[C@@H](CC(C)C)NC(=O)C12CCN(Cc1ccc(Oc3ccccc3)cc1)CC2. The van der Waals surface area contributed by atoms with Gasteiger partial charge in [0.05, 0.1) is 0 Å². The van der Waals surface area contributed by atoms with Gasteiger partial charge in [0.1, 0.15) is 23.1 Å². The molecule has 1 spiro atoms. The van der Waals surface area contributed by atoms with Crippen LogP contribution in [0.1, 0.15) is 58.4 Å². The number of piperidine rings is 1. The number of carbonyl (C=O) groups excluding carboxylic acids is 2. The van der Waals surface area contributed by atoms with Gasteiger partial charge in [-0.3, -0.25) is 14.5 Å². The van der Waals surface area contributed by atoms with Gasteiger partial charge in [0, 0.05) is 26.2 Å². The second kappa shape index (κ2) is 11.3. The molecule has 0 saturated carbocycles. The average Bonchev–Trinajstić information content (AvgIpc) is 2.85. The summed E-state index contributed by atoms with van der Waals surface area (Å²) in [6.07, 6.45) is 3.98. The van der Waals surface area contributed by atoms with Crippen molar-refractivity contribution in [2.75, 3.05) is 19.6 Å². The van der Waals surface area contributed by atoms with Gasteiger partial charge in [-0.2, -0.15) is 0 Å². The number of amides is 2. The summed E-state index contributed by atoms with van der Waals surface area (Å²) in [6.45, 7) is 9.40. The molecule has 0 aliphatic carbocycles. The molecule has 35 heavy (non-hydrogen) atoms. The van der Waals surface area contributed by atoms with Gasteiger partial charge in [0.15, 0.2) is 0 Å². The van der Waals surface area contributed by atoms with Crippen LogP contribution in [-0.2, 0) is 16.1 Å². The Kier molecular flexibility index (Phi) is 8.11. The lowest BCUT2D eigenvalue weighted by molar-refractivity contribution is -0.161. The second-order valence-corrected chi connectivity index (χ2v) is 10.4. The lowest BCUT2D eigenvalue weighted by Gasteiger charge is -2.52. The van der Waals surface area contributed by atoms with Crippen molar-refractivity contribution in [3.63, 3.8) is 0 Å². The normalized spacial score (nSPS) is 20.3. The van der Waals surface area contributed by atoms with E-state index in [-0.39, 0.29) is 17.9 Å². The standard InChI is InChI=1S/C29H39N3O3/c1-4-5-17-32-27(33)26(20-22(2)3)30-28(34)29(32)15-18-31(19-16-29)21-23-11-13-25(14-12-23)35-24-9-7-6-8-10-24/h6-14,22,26H,4-5,15-21H2,1-3H3,(H,30,34)/t26-/m1/s1. The molecule has 188 valence electrons. The van der Waals surface area contributed by atoms with Gasteiger partial charge in [-0.25, -0.2) is 0 Å². The molecule has 2 aromatic carbocycles. The Morgan fingerprint density at radius 3 is 2.29 bits per heavy atom. The van der Waals surface area contributed by atoms with E-state index >= 15 is 0 Å². The first-order valence-corrected chi connectivity index (χ1v) is 13.1. The molecule has 2 amide bonds. The van der Waals surface area contributed by atoms with Crippen LogP contribution in [0.5, 0.6) is 11.5 Å². The lowest BCUT2D eigenvalue weighted by Crippen LogP contribution is -2.73. The van der Waals surface area contributed by atoms with E-state index < -0.39 is 5.54 Å². The molecular weight excluding hydrogens is 438 g/mol. The summed E-state index contributed by atoms with van der Waals surface area (Å²) in [6, 6.07) is 17.6. The van der Waals surface area contributed by atoms with Crippen LogP contribution in [0, 0.1) is 5.92 Å². The Bertz CT molecular complexity index is 982. The first kappa shape index (κ1) is 25.2. The number of nitrogens with one attached hydrogen (secondary N) is 1. The van der Waals surface area contributed by atoms with Gasteiger partial charge in [0.2, 0.25) is 11.8 Å². The highest BCUT2D eigenvalue weighted by Gasteiger charge is 2.53. The predicted molar refractivity (Wildman–Crippen MR) is 138 cm³/mol. The molecule has 2 aliphatic heterocycles. The predicted octanol–water partition coefficient (Wildman–Crippen LogP) is 4.99. The van der Waals surface area contributed by atoms with E-state index in [9.17, 15) is 9.59 Å². The number of benzene rings is 2. The van der Waals surface area contributed by atoms with Crippen LogP contribution in [0.3, 0.4) is 0 Å². The summed E-state index contributed by atoms with van der Waals surface area (Å²) in [5.74, 6) is 2.15. The Morgan fingerprint density at radius 1 is 1.00 bits per heavy atom. The number of carbonyl (C=O) groups is 2. The van der Waals surface area contributed by atoms with E-state index in [1.54, 1.807) is 0 Å². The highest BCUT2D eigenvalue weighted by atomic mass is 16.5. The van der Waals surface area contributed by atoms with Crippen LogP contribution in [-0.4, -0.2) is 52.8 Å². The van der Waals surface area contributed by atoms with Gasteiger partial charge >= 0.3 is 0 Å². The summed E-state index contributed by atoms with van der Waals surface area (Å²) in [4.78, 5) is 31.1. The van der Waals surface area contributed by atoms with Gasteiger partial charge in [0.25, 0.3) is 0 Å². The van der Waals surface area contributed by atoms with E-state index in [4.69, 9.17) is 4.74 Å². The highest BCUT2D eigenvalue weighted by molar-refractivity contribution is 6.00. The van der Waals surface area contributed by atoms with Crippen molar-refractivity contribution in [2.45, 2.75) is 71.0 Å². The molecule has 6 nitrogen and oxygen atoms in total. The fourth-order valence-corrected chi connectivity index (χ4v) is 5.27. The number of unbranched alkanes of at least 4 members (excludes halogenated alkanes) is 1. The fourth-order valence-electron chi connectivity index (χ4n) is 5.27. The first-order chi connectivity index (χ1) is 16.9. The van der Waals surface area contributed by atoms with E-state index in [0.29, 0.717) is 31.7 Å². The molecule has 2 aliphatic rings. The maximum absolute atomic E-state index is 13.4.